The summed E-state index contributed by atoms with van der Waals surface area (Å²) in [4.78, 5) is 19.1. The molecule has 3 rings (SSSR count). The molecule has 0 bridgehead atoms. The monoisotopic (exact) mass is 379 g/mol. The summed E-state index contributed by atoms with van der Waals surface area (Å²) in [5.74, 6) is -0.00827. The van der Waals surface area contributed by atoms with Crippen LogP contribution in [0.25, 0.3) is 10.6 Å². The highest BCUT2D eigenvalue weighted by Gasteiger charge is 2.12. The Balaban J connectivity index is 1.59. The van der Waals surface area contributed by atoms with Gasteiger partial charge in [0.1, 0.15) is 5.01 Å². The second-order valence-corrected chi connectivity index (χ2v) is 7.86. The summed E-state index contributed by atoms with van der Waals surface area (Å²) in [6.07, 6.45) is 0. The second-order valence-electron chi connectivity index (χ2n) is 7.00. The molecule has 0 radical (unpaired) electrons. The molecule has 2 aromatic carbocycles. The fourth-order valence-electron chi connectivity index (χ4n) is 3.23. The van der Waals surface area contributed by atoms with Gasteiger partial charge in [-0.1, -0.05) is 48.0 Å². The fourth-order valence-corrected chi connectivity index (χ4v) is 4.04. The van der Waals surface area contributed by atoms with Crippen LogP contribution in [0.4, 0.5) is 5.69 Å². The first-order valence-corrected chi connectivity index (χ1v) is 9.86. The van der Waals surface area contributed by atoms with Gasteiger partial charge in [-0.05, 0) is 38.9 Å². The van der Waals surface area contributed by atoms with Crippen molar-refractivity contribution in [3.63, 3.8) is 0 Å². The molecule has 5 heteroatoms. The molecule has 0 aliphatic heterocycles. The predicted octanol–water partition coefficient (Wildman–Crippen LogP) is 4.81. The van der Waals surface area contributed by atoms with Crippen LogP contribution in [-0.4, -0.2) is 29.4 Å². The van der Waals surface area contributed by atoms with E-state index in [2.05, 4.69) is 41.9 Å². The van der Waals surface area contributed by atoms with Crippen molar-refractivity contribution >= 4 is 22.9 Å². The summed E-state index contributed by atoms with van der Waals surface area (Å²) in [6, 6.07) is 14.3. The lowest BCUT2D eigenvalue weighted by molar-refractivity contribution is -0.117. The van der Waals surface area contributed by atoms with E-state index in [4.69, 9.17) is 4.98 Å². The molecule has 1 amide bonds. The highest BCUT2D eigenvalue weighted by Crippen LogP contribution is 2.24. The molecule has 0 aliphatic rings. The van der Waals surface area contributed by atoms with Crippen molar-refractivity contribution in [1.82, 2.24) is 9.88 Å². The molecule has 1 heterocycles. The maximum Gasteiger partial charge on any atom is 0.238 e. The quantitative estimate of drug-likeness (QED) is 0.669. The molecule has 1 N–H and O–H groups in total. The Morgan fingerprint density at radius 2 is 1.78 bits per heavy atom. The Labute approximate surface area is 164 Å². The van der Waals surface area contributed by atoms with Gasteiger partial charge in [0.15, 0.2) is 0 Å². The van der Waals surface area contributed by atoms with Crippen molar-refractivity contribution in [3.05, 3.63) is 70.2 Å². The third-order valence-electron chi connectivity index (χ3n) is 4.36. The molecule has 140 valence electrons. The van der Waals surface area contributed by atoms with Gasteiger partial charge in [-0.2, -0.15) is 0 Å². The van der Waals surface area contributed by atoms with Crippen molar-refractivity contribution in [2.45, 2.75) is 27.3 Å². The van der Waals surface area contributed by atoms with Crippen LogP contribution in [0.15, 0.2) is 47.8 Å². The van der Waals surface area contributed by atoms with E-state index in [-0.39, 0.29) is 5.91 Å². The molecule has 0 saturated carbocycles. The topological polar surface area (TPSA) is 45.2 Å². The van der Waals surface area contributed by atoms with Crippen molar-refractivity contribution in [2.24, 2.45) is 0 Å². The Bertz CT molecular complexity index is 911. The van der Waals surface area contributed by atoms with E-state index >= 15 is 0 Å². The standard InChI is InChI=1S/C22H25N3OS/c1-15-10-16(2)21(17(3)11-15)24-20(26)13-25(4)12-19-14-27-22(23-19)18-8-6-5-7-9-18/h5-11,14H,12-13H2,1-4H3,(H,24,26). The third kappa shape index (κ3) is 5.02. The van der Waals surface area contributed by atoms with Gasteiger partial charge in [-0.25, -0.2) is 4.98 Å². The Morgan fingerprint density at radius 3 is 2.44 bits per heavy atom. The number of thiazole rings is 1. The molecule has 0 saturated heterocycles. The largest absolute Gasteiger partial charge is 0.324 e. The summed E-state index contributed by atoms with van der Waals surface area (Å²) in [5, 5.41) is 6.12. The van der Waals surface area contributed by atoms with E-state index in [1.807, 2.05) is 44.0 Å². The molecule has 0 aliphatic carbocycles. The average molecular weight is 380 g/mol. The van der Waals surface area contributed by atoms with Gasteiger partial charge in [0, 0.05) is 23.2 Å². The number of benzene rings is 2. The minimum absolute atomic E-state index is 0.00827. The highest BCUT2D eigenvalue weighted by atomic mass is 32.1. The SMILES string of the molecule is Cc1cc(C)c(NC(=O)CN(C)Cc2csc(-c3ccccc3)n2)c(C)c1. The van der Waals surface area contributed by atoms with Gasteiger partial charge >= 0.3 is 0 Å². The number of aryl methyl sites for hydroxylation is 3. The van der Waals surface area contributed by atoms with Gasteiger partial charge in [0.25, 0.3) is 0 Å². The molecule has 27 heavy (non-hydrogen) atoms. The van der Waals surface area contributed by atoms with Crippen LogP contribution in [0.1, 0.15) is 22.4 Å². The summed E-state index contributed by atoms with van der Waals surface area (Å²) in [7, 11) is 1.94. The first-order valence-electron chi connectivity index (χ1n) is 8.98. The van der Waals surface area contributed by atoms with E-state index < -0.39 is 0 Å². The number of anilines is 1. The number of amides is 1. The predicted molar refractivity (Wildman–Crippen MR) is 113 cm³/mol. The summed E-state index contributed by atoms with van der Waals surface area (Å²) in [6.45, 7) is 7.09. The number of nitrogens with zero attached hydrogens (tertiary/aromatic N) is 2. The number of nitrogens with one attached hydrogen (secondary N) is 1. The van der Waals surface area contributed by atoms with Crippen LogP contribution < -0.4 is 5.32 Å². The van der Waals surface area contributed by atoms with E-state index in [1.54, 1.807) is 11.3 Å². The number of carbonyl (C=O) groups is 1. The summed E-state index contributed by atoms with van der Waals surface area (Å²) < 4.78 is 0. The number of likely N-dealkylation sites (N-methyl/N-ethyl adjacent to an activating group) is 1. The second kappa shape index (κ2) is 8.46. The van der Waals surface area contributed by atoms with Crippen molar-refractivity contribution in [3.8, 4) is 10.6 Å². The minimum Gasteiger partial charge on any atom is -0.324 e. The van der Waals surface area contributed by atoms with E-state index in [0.29, 0.717) is 13.1 Å². The van der Waals surface area contributed by atoms with Crippen LogP contribution in [0, 0.1) is 20.8 Å². The fraction of sp³-hybridized carbons (Fsp3) is 0.273. The van der Waals surface area contributed by atoms with Crippen LogP contribution in [0.5, 0.6) is 0 Å². The summed E-state index contributed by atoms with van der Waals surface area (Å²) >= 11 is 1.63. The molecular formula is C22H25N3OS. The van der Waals surface area contributed by atoms with Crippen LogP contribution in [0.3, 0.4) is 0 Å². The normalized spacial score (nSPS) is 11.0. The molecule has 1 aromatic heterocycles. The van der Waals surface area contributed by atoms with Crippen LogP contribution in [-0.2, 0) is 11.3 Å². The number of rotatable bonds is 6. The van der Waals surface area contributed by atoms with Gasteiger partial charge in [0.05, 0.1) is 12.2 Å². The lowest BCUT2D eigenvalue weighted by Gasteiger charge is -2.17. The lowest BCUT2D eigenvalue weighted by atomic mass is 10.1. The zero-order valence-electron chi connectivity index (χ0n) is 16.2. The first kappa shape index (κ1) is 19.3. The highest BCUT2D eigenvalue weighted by molar-refractivity contribution is 7.13. The molecule has 0 spiro atoms. The van der Waals surface area contributed by atoms with Gasteiger partial charge < -0.3 is 5.32 Å². The van der Waals surface area contributed by atoms with E-state index in [1.165, 1.54) is 5.56 Å². The molecule has 4 nitrogen and oxygen atoms in total. The Kier molecular flexibility index (Phi) is 6.04. The maximum atomic E-state index is 12.5. The lowest BCUT2D eigenvalue weighted by Crippen LogP contribution is -2.30. The molecule has 3 aromatic rings. The van der Waals surface area contributed by atoms with Gasteiger partial charge in [0.2, 0.25) is 5.91 Å². The van der Waals surface area contributed by atoms with Crippen LogP contribution >= 0.6 is 11.3 Å². The number of hydrogen-bond donors (Lipinski definition) is 1. The molecular weight excluding hydrogens is 354 g/mol. The molecule has 0 unspecified atom stereocenters. The third-order valence-corrected chi connectivity index (χ3v) is 5.30. The van der Waals surface area contributed by atoms with Crippen molar-refractivity contribution in [1.29, 1.82) is 0 Å². The van der Waals surface area contributed by atoms with Crippen molar-refractivity contribution in [2.75, 3.05) is 18.9 Å². The number of aromatic nitrogens is 1. The summed E-state index contributed by atoms with van der Waals surface area (Å²) in [5.41, 5.74) is 6.42. The minimum atomic E-state index is -0.00827. The van der Waals surface area contributed by atoms with E-state index in [0.717, 1.165) is 33.1 Å². The first-order chi connectivity index (χ1) is 12.9. The molecule has 0 fully saturated rings. The van der Waals surface area contributed by atoms with Gasteiger partial charge in [-0.3, -0.25) is 9.69 Å². The zero-order chi connectivity index (χ0) is 19.4. The number of hydrogen-bond acceptors (Lipinski definition) is 4. The van der Waals surface area contributed by atoms with E-state index in [9.17, 15) is 4.79 Å². The Hall–Kier alpha value is -2.50. The average Bonchev–Trinajstić information content (AvgIpc) is 3.07. The zero-order valence-corrected chi connectivity index (χ0v) is 17.1. The maximum absolute atomic E-state index is 12.5. The number of carbonyl (C=O) groups excluding carboxylic acids is 1. The van der Waals surface area contributed by atoms with Crippen molar-refractivity contribution < 1.29 is 4.79 Å². The molecule has 0 atom stereocenters. The smallest absolute Gasteiger partial charge is 0.238 e. The Morgan fingerprint density at radius 1 is 1.11 bits per heavy atom. The van der Waals surface area contributed by atoms with Gasteiger partial charge in [-0.15, -0.1) is 11.3 Å². The van der Waals surface area contributed by atoms with Crippen LogP contribution in [0.2, 0.25) is 0 Å².